The Morgan fingerprint density at radius 1 is 1.25 bits per heavy atom. The highest BCUT2D eigenvalue weighted by Gasteiger charge is 2.17. The van der Waals surface area contributed by atoms with Crippen LogP contribution in [0.3, 0.4) is 0 Å². The van der Waals surface area contributed by atoms with Gasteiger partial charge in [-0.3, -0.25) is 4.79 Å². The van der Waals surface area contributed by atoms with Crippen molar-refractivity contribution < 1.29 is 4.79 Å². The SMILES string of the molecule is CCN(CC)c1ccc(C=C2CCCC2=O)c(CN)c1. The Morgan fingerprint density at radius 3 is 2.55 bits per heavy atom. The van der Waals surface area contributed by atoms with E-state index in [0.29, 0.717) is 18.7 Å². The van der Waals surface area contributed by atoms with E-state index >= 15 is 0 Å². The third kappa shape index (κ3) is 3.10. The average Bonchev–Trinajstić information content (AvgIpc) is 2.87. The van der Waals surface area contributed by atoms with Gasteiger partial charge < -0.3 is 10.6 Å². The molecule has 1 aromatic carbocycles. The standard InChI is InChI=1S/C17H24N2O/c1-3-19(4-2)16-9-8-13(15(11-16)12-18)10-14-6-5-7-17(14)20/h8-11H,3-7,12,18H2,1-2H3. The molecule has 1 aromatic rings. The summed E-state index contributed by atoms with van der Waals surface area (Å²) in [7, 11) is 0. The normalized spacial score (nSPS) is 16.9. The van der Waals surface area contributed by atoms with Crippen molar-refractivity contribution in [3.63, 3.8) is 0 Å². The number of carbonyl (C=O) groups excluding carboxylic acids is 1. The number of anilines is 1. The maximum atomic E-state index is 11.7. The lowest BCUT2D eigenvalue weighted by atomic mass is 10.0. The van der Waals surface area contributed by atoms with E-state index in [0.717, 1.165) is 42.6 Å². The van der Waals surface area contributed by atoms with Gasteiger partial charge in [0, 0.05) is 31.7 Å². The van der Waals surface area contributed by atoms with Crippen molar-refractivity contribution in [2.75, 3.05) is 18.0 Å². The highest BCUT2D eigenvalue weighted by atomic mass is 16.1. The molecule has 1 fully saturated rings. The first-order valence-electron chi connectivity index (χ1n) is 7.51. The van der Waals surface area contributed by atoms with Crippen molar-refractivity contribution >= 4 is 17.5 Å². The fraction of sp³-hybridized carbons (Fsp3) is 0.471. The number of carbonyl (C=O) groups is 1. The third-order valence-corrected chi connectivity index (χ3v) is 4.01. The quantitative estimate of drug-likeness (QED) is 0.838. The zero-order chi connectivity index (χ0) is 14.5. The minimum absolute atomic E-state index is 0.292. The van der Waals surface area contributed by atoms with Crippen LogP contribution < -0.4 is 10.6 Å². The number of benzene rings is 1. The van der Waals surface area contributed by atoms with E-state index in [2.05, 4.69) is 36.9 Å². The molecule has 1 aliphatic carbocycles. The van der Waals surface area contributed by atoms with Crippen molar-refractivity contribution in [2.45, 2.75) is 39.7 Å². The maximum absolute atomic E-state index is 11.7. The van der Waals surface area contributed by atoms with Gasteiger partial charge in [-0.05, 0) is 61.6 Å². The summed E-state index contributed by atoms with van der Waals surface area (Å²) < 4.78 is 0. The Kier molecular flexibility index (Phi) is 4.96. The topological polar surface area (TPSA) is 46.3 Å². The summed E-state index contributed by atoms with van der Waals surface area (Å²) in [5.41, 5.74) is 10.2. The van der Waals surface area contributed by atoms with Crippen LogP contribution in [0.25, 0.3) is 6.08 Å². The Balaban J connectivity index is 2.33. The fourth-order valence-electron chi connectivity index (χ4n) is 2.77. The van der Waals surface area contributed by atoms with E-state index in [4.69, 9.17) is 5.73 Å². The first kappa shape index (κ1) is 14.8. The van der Waals surface area contributed by atoms with Gasteiger partial charge in [-0.15, -0.1) is 0 Å². The average molecular weight is 272 g/mol. The monoisotopic (exact) mass is 272 g/mol. The number of hydrogen-bond acceptors (Lipinski definition) is 3. The summed E-state index contributed by atoms with van der Waals surface area (Å²) in [6, 6.07) is 6.37. The molecule has 3 nitrogen and oxygen atoms in total. The zero-order valence-corrected chi connectivity index (χ0v) is 12.5. The third-order valence-electron chi connectivity index (χ3n) is 4.01. The molecule has 0 saturated heterocycles. The molecule has 0 atom stereocenters. The number of rotatable bonds is 5. The van der Waals surface area contributed by atoms with E-state index in [1.54, 1.807) is 0 Å². The molecule has 1 aliphatic rings. The molecular weight excluding hydrogens is 248 g/mol. The summed E-state index contributed by atoms with van der Waals surface area (Å²) in [6.45, 7) is 6.78. The lowest BCUT2D eigenvalue weighted by Crippen LogP contribution is -2.22. The Morgan fingerprint density at radius 2 is 2.00 bits per heavy atom. The summed E-state index contributed by atoms with van der Waals surface area (Å²) in [5.74, 6) is 0.292. The molecule has 1 saturated carbocycles. The summed E-state index contributed by atoms with van der Waals surface area (Å²) >= 11 is 0. The van der Waals surface area contributed by atoms with Gasteiger partial charge in [0.15, 0.2) is 5.78 Å². The minimum atomic E-state index is 0.292. The van der Waals surface area contributed by atoms with Crippen LogP contribution in [-0.2, 0) is 11.3 Å². The molecule has 0 heterocycles. The molecule has 0 amide bonds. The van der Waals surface area contributed by atoms with Crippen LogP contribution in [0.4, 0.5) is 5.69 Å². The molecule has 108 valence electrons. The lowest BCUT2D eigenvalue weighted by Gasteiger charge is -2.22. The summed E-state index contributed by atoms with van der Waals surface area (Å²) in [4.78, 5) is 14.0. The maximum Gasteiger partial charge on any atom is 0.158 e. The highest BCUT2D eigenvalue weighted by molar-refractivity contribution is 6.01. The number of nitrogens with zero attached hydrogens (tertiary/aromatic N) is 1. The molecule has 0 bridgehead atoms. The van der Waals surface area contributed by atoms with Crippen LogP contribution in [0.15, 0.2) is 23.8 Å². The molecule has 0 radical (unpaired) electrons. The Bertz CT molecular complexity index is 516. The largest absolute Gasteiger partial charge is 0.372 e. The fourth-order valence-corrected chi connectivity index (χ4v) is 2.77. The first-order chi connectivity index (χ1) is 9.69. The highest BCUT2D eigenvalue weighted by Crippen LogP contribution is 2.26. The van der Waals surface area contributed by atoms with Crippen LogP contribution in [-0.4, -0.2) is 18.9 Å². The van der Waals surface area contributed by atoms with E-state index in [1.807, 2.05) is 6.08 Å². The number of nitrogens with two attached hydrogens (primary N) is 1. The van der Waals surface area contributed by atoms with Crippen molar-refractivity contribution in [2.24, 2.45) is 5.73 Å². The van der Waals surface area contributed by atoms with Crippen molar-refractivity contribution in [1.82, 2.24) is 0 Å². The van der Waals surface area contributed by atoms with Gasteiger partial charge >= 0.3 is 0 Å². The molecule has 0 aliphatic heterocycles. The van der Waals surface area contributed by atoms with E-state index in [9.17, 15) is 4.79 Å². The van der Waals surface area contributed by atoms with Crippen molar-refractivity contribution in [3.05, 3.63) is 34.9 Å². The molecule has 3 heteroatoms. The second kappa shape index (κ2) is 6.71. The second-order valence-corrected chi connectivity index (χ2v) is 5.21. The Labute approximate surface area is 121 Å². The van der Waals surface area contributed by atoms with E-state index < -0.39 is 0 Å². The second-order valence-electron chi connectivity index (χ2n) is 5.21. The van der Waals surface area contributed by atoms with Crippen molar-refractivity contribution in [1.29, 1.82) is 0 Å². The first-order valence-corrected chi connectivity index (χ1v) is 7.51. The predicted molar refractivity (Wildman–Crippen MR) is 84.7 cm³/mol. The molecule has 0 unspecified atom stereocenters. The molecule has 0 spiro atoms. The van der Waals surface area contributed by atoms with Crippen LogP contribution >= 0.6 is 0 Å². The van der Waals surface area contributed by atoms with E-state index in [-0.39, 0.29) is 0 Å². The van der Waals surface area contributed by atoms with Gasteiger partial charge in [0.2, 0.25) is 0 Å². The number of Topliss-reactive ketones (excluding diaryl/α,β-unsaturated/α-hetero) is 1. The van der Waals surface area contributed by atoms with Gasteiger partial charge in [0.25, 0.3) is 0 Å². The van der Waals surface area contributed by atoms with Crippen molar-refractivity contribution in [3.8, 4) is 0 Å². The van der Waals surface area contributed by atoms with Crippen LogP contribution in [0.2, 0.25) is 0 Å². The number of ketones is 1. The predicted octanol–water partition coefficient (Wildman–Crippen LogP) is 3.13. The Hall–Kier alpha value is -1.61. The lowest BCUT2D eigenvalue weighted by molar-refractivity contribution is -0.114. The van der Waals surface area contributed by atoms with Crippen LogP contribution in [0.5, 0.6) is 0 Å². The molecular formula is C17H24N2O. The van der Waals surface area contributed by atoms with E-state index in [1.165, 1.54) is 5.69 Å². The smallest absolute Gasteiger partial charge is 0.158 e. The molecule has 0 aromatic heterocycles. The number of allylic oxidation sites excluding steroid dienone is 1. The minimum Gasteiger partial charge on any atom is -0.372 e. The van der Waals surface area contributed by atoms with Gasteiger partial charge in [-0.1, -0.05) is 6.07 Å². The van der Waals surface area contributed by atoms with Crippen LogP contribution in [0.1, 0.15) is 44.2 Å². The molecule has 20 heavy (non-hydrogen) atoms. The number of hydrogen-bond donors (Lipinski definition) is 1. The zero-order valence-electron chi connectivity index (χ0n) is 12.5. The summed E-state index contributed by atoms with van der Waals surface area (Å²) in [5, 5.41) is 0. The van der Waals surface area contributed by atoms with Crippen LogP contribution in [0, 0.1) is 0 Å². The van der Waals surface area contributed by atoms with Gasteiger partial charge in [0.1, 0.15) is 0 Å². The summed E-state index contributed by atoms with van der Waals surface area (Å²) in [6.07, 6.45) is 4.62. The molecule has 2 rings (SSSR count). The van der Waals surface area contributed by atoms with Gasteiger partial charge in [-0.2, -0.15) is 0 Å². The van der Waals surface area contributed by atoms with Gasteiger partial charge in [0.05, 0.1) is 0 Å². The van der Waals surface area contributed by atoms with Gasteiger partial charge in [-0.25, -0.2) is 0 Å². The molecule has 2 N–H and O–H groups in total.